The minimum Gasteiger partial charge on any atom is -0.457 e. The number of amides is 4. The highest BCUT2D eigenvalue weighted by Crippen LogP contribution is 2.39. The molecule has 3 aromatic rings. The van der Waals surface area contributed by atoms with Crippen molar-refractivity contribution in [2.75, 3.05) is 53.2 Å². The number of esters is 1. The number of methoxy groups -OCH3 is 1. The summed E-state index contributed by atoms with van der Waals surface area (Å²) in [7, 11) is 1.58. The molecule has 4 amide bonds. The third-order valence-corrected chi connectivity index (χ3v) is 11.0. The lowest BCUT2D eigenvalue weighted by atomic mass is 9.72. The molecule has 326 valence electrons. The summed E-state index contributed by atoms with van der Waals surface area (Å²) in [4.78, 5) is 74.5. The molecule has 60 heavy (non-hydrogen) atoms. The van der Waals surface area contributed by atoms with Gasteiger partial charge in [-0.15, -0.1) is 0 Å². The topological polar surface area (TPSA) is 201 Å². The van der Waals surface area contributed by atoms with Crippen molar-refractivity contribution in [3.8, 4) is 0 Å². The van der Waals surface area contributed by atoms with E-state index in [1.165, 1.54) is 0 Å². The monoisotopic (exact) mass is 830 g/mol. The maximum atomic E-state index is 14.4. The summed E-state index contributed by atoms with van der Waals surface area (Å²) >= 11 is 0. The lowest BCUT2D eigenvalue weighted by molar-refractivity contribution is -0.159. The smallest absolute Gasteiger partial charge is 0.332 e. The molecule has 1 aromatic heterocycles. The molecule has 0 radical (unpaired) electrons. The summed E-state index contributed by atoms with van der Waals surface area (Å²) in [5.41, 5.74) is 6.62. The molecule has 0 spiro atoms. The van der Waals surface area contributed by atoms with E-state index in [2.05, 4.69) is 25.8 Å². The van der Waals surface area contributed by atoms with E-state index in [1.54, 1.807) is 31.4 Å². The number of para-hydroxylation sites is 1. The van der Waals surface area contributed by atoms with Crippen molar-refractivity contribution in [1.82, 2.24) is 25.8 Å². The average Bonchev–Trinajstić information content (AvgIpc) is 3.21. The van der Waals surface area contributed by atoms with E-state index in [-0.39, 0.29) is 44.4 Å². The van der Waals surface area contributed by atoms with Crippen LogP contribution in [0.1, 0.15) is 75.3 Å². The van der Waals surface area contributed by atoms with Crippen LogP contribution < -0.4 is 21.7 Å². The Balaban J connectivity index is 1.44. The fourth-order valence-corrected chi connectivity index (χ4v) is 8.09. The van der Waals surface area contributed by atoms with Crippen LogP contribution in [0.15, 0.2) is 66.7 Å². The van der Waals surface area contributed by atoms with Gasteiger partial charge in [-0.05, 0) is 69.6 Å². The molecule has 2 aromatic carbocycles. The molecule has 1 aliphatic carbocycles. The van der Waals surface area contributed by atoms with Crippen molar-refractivity contribution in [3.63, 3.8) is 0 Å². The Labute approximate surface area is 352 Å². The molecule has 6 atom stereocenters. The highest BCUT2D eigenvalue weighted by molar-refractivity contribution is 5.99. The number of benzene rings is 2. The Kier molecular flexibility index (Phi) is 17.4. The molecular formula is C45H62N6O9. The molecule has 2 heterocycles. The molecule has 1 saturated carbocycles. The molecular weight excluding hydrogens is 769 g/mol. The quantitative estimate of drug-likeness (QED) is 0.0907. The van der Waals surface area contributed by atoms with Crippen LogP contribution in [-0.2, 0) is 44.5 Å². The molecule has 2 fully saturated rings. The Morgan fingerprint density at radius 1 is 0.867 bits per heavy atom. The van der Waals surface area contributed by atoms with Gasteiger partial charge in [0.05, 0.1) is 50.4 Å². The number of ether oxygens (including phenoxy) is 4. The normalized spacial score (nSPS) is 19.6. The van der Waals surface area contributed by atoms with E-state index < -0.39 is 59.9 Å². The van der Waals surface area contributed by atoms with Crippen LogP contribution in [0.2, 0.25) is 0 Å². The van der Waals surface area contributed by atoms with Crippen molar-refractivity contribution in [3.05, 3.63) is 78.0 Å². The maximum absolute atomic E-state index is 14.4. The molecule has 0 bridgehead atoms. The zero-order chi connectivity index (χ0) is 43.1. The van der Waals surface area contributed by atoms with E-state index in [4.69, 9.17) is 24.7 Å². The number of carbonyl (C=O) groups excluding carboxylic acids is 5. The van der Waals surface area contributed by atoms with Gasteiger partial charge in [-0.2, -0.15) is 0 Å². The zero-order valence-corrected chi connectivity index (χ0v) is 35.4. The summed E-state index contributed by atoms with van der Waals surface area (Å²) in [6.45, 7) is 7.36. The van der Waals surface area contributed by atoms with E-state index in [1.807, 2.05) is 63.2 Å². The number of pyridine rings is 1. The third kappa shape index (κ3) is 14.4. The van der Waals surface area contributed by atoms with Crippen LogP contribution in [0, 0.1) is 11.8 Å². The lowest BCUT2D eigenvalue weighted by Gasteiger charge is -2.47. The number of fused-ring (bicyclic) bond motifs is 2. The van der Waals surface area contributed by atoms with Gasteiger partial charge in [0.15, 0.2) is 0 Å². The molecule has 1 saturated heterocycles. The van der Waals surface area contributed by atoms with Gasteiger partial charge in [-0.3, -0.25) is 24.1 Å². The second-order valence-corrected chi connectivity index (χ2v) is 16.8. The number of hydrogen-bond acceptors (Lipinski definition) is 11. The van der Waals surface area contributed by atoms with Crippen molar-refractivity contribution in [2.24, 2.45) is 17.6 Å². The lowest BCUT2D eigenvalue weighted by Crippen LogP contribution is -2.61. The van der Waals surface area contributed by atoms with Crippen LogP contribution in [0.5, 0.6) is 0 Å². The molecule has 5 rings (SSSR count). The largest absolute Gasteiger partial charge is 0.457 e. The number of aromatic nitrogens is 1. The number of hydrogen-bond donors (Lipinski definition) is 4. The number of carbonyl (C=O) groups is 5. The summed E-state index contributed by atoms with van der Waals surface area (Å²) in [6, 6.07) is 17.2. The van der Waals surface area contributed by atoms with Crippen LogP contribution in [0.3, 0.4) is 0 Å². The van der Waals surface area contributed by atoms with Gasteiger partial charge in [0.1, 0.15) is 24.4 Å². The van der Waals surface area contributed by atoms with Gasteiger partial charge in [0.25, 0.3) is 5.91 Å². The molecule has 15 nitrogen and oxygen atoms in total. The fraction of sp³-hybridized carbons (Fsp3) is 0.556. The average molecular weight is 831 g/mol. The van der Waals surface area contributed by atoms with E-state index in [9.17, 15) is 24.0 Å². The third-order valence-electron chi connectivity index (χ3n) is 11.0. The molecule has 1 aliphatic heterocycles. The second-order valence-electron chi connectivity index (χ2n) is 16.8. The Hall–Kier alpha value is -4.96. The van der Waals surface area contributed by atoms with Crippen molar-refractivity contribution >= 4 is 40.5 Å². The predicted octanol–water partition coefficient (Wildman–Crippen LogP) is 3.32. The highest BCUT2D eigenvalue weighted by atomic mass is 16.6. The Morgan fingerprint density at radius 3 is 2.30 bits per heavy atom. The summed E-state index contributed by atoms with van der Waals surface area (Å²) in [5.74, 6) is -2.22. The fourth-order valence-electron chi connectivity index (χ4n) is 8.09. The molecule has 0 unspecified atom stereocenters. The van der Waals surface area contributed by atoms with Gasteiger partial charge in [-0.1, -0.05) is 73.9 Å². The minimum absolute atomic E-state index is 0.0541. The zero-order valence-electron chi connectivity index (χ0n) is 35.4. The van der Waals surface area contributed by atoms with Crippen LogP contribution in [0.4, 0.5) is 0 Å². The first-order chi connectivity index (χ1) is 28.8. The first-order valence-electron chi connectivity index (χ1n) is 21.0. The standard InChI is InChI=1S/C45H62N6O9/c1-45(2,3)50-44(56)38-25-32-15-8-9-16-33(32)27-51(38)28-39(60-41(53)29-59-23-22-58-21-20-57-4)36(24-30-12-6-5-7-13-30)48-43(55)37(26-40(46)52)49-42(54)35-19-18-31-14-10-11-17-34(31)47-35/h5-7,10-14,17-19,32-33,36-39H,8-9,15-16,20-29H2,1-4H3,(H2,46,52)(H,48,55)(H,49,54)(H,50,56)/t32-,33+,36-,37-,38-,39+/m0/s1. The molecule has 5 N–H and O–H groups in total. The van der Waals surface area contributed by atoms with Gasteiger partial charge < -0.3 is 40.6 Å². The van der Waals surface area contributed by atoms with Crippen molar-refractivity contribution in [1.29, 1.82) is 0 Å². The van der Waals surface area contributed by atoms with E-state index in [0.29, 0.717) is 43.5 Å². The second kappa shape index (κ2) is 22.6. The Morgan fingerprint density at radius 2 is 1.57 bits per heavy atom. The highest BCUT2D eigenvalue weighted by Gasteiger charge is 2.43. The first kappa shape index (κ1) is 46.1. The number of nitrogens with two attached hydrogens (primary N) is 1. The van der Waals surface area contributed by atoms with E-state index >= 15 is 0 Å². The number of piperidine rings is 1. The van der Waals surface area contributed by atoms with Crippen LogP contribution in [0.25, 0.3) is 10.9 Å². The van der Waals surface area contributed by atoms with Crippen molar-refractivity contribution < 1.29 is 42.9 Å². The molecule has 15 heteroatoms. The summed E-state index contributed by atoms with van der Waals surface area (Å²) < 4.78 is 22.3. The Bertz CT molecular complexity index is 1890. The predicted molar refractivity (Wildman–Crippen MR) is 226 cm³/mol. The van der Waals surface area contributed by atoms with E-state index in [0.717, 1.165) is 36.6 Å². The summed E-state index contributed by atoms with van der Waals surface area (Å²) in [5, 5.41) is 9.69. The van der Waals surface area contributed by atoms with Gasteiger partial charge in [0.2, 0.25) is 17.7 Å². The number of rotatable bonds is 21. The number of primary amides is 1. The number of nitrogens with one attached hydrogen (secondary N) is 3. The van der Waals surface area contributed by atoms with Gasteiger partial charge in [-0.25, -0.2) is 9.78 Å². The first-order valence-corrected chi connectivity index (χ1v) is 21.0. The maximum Gasteiger partial charge on any atom is 0.332 e. The van der Waals surface area contributed by atoms with Gasteiger partial charge >= 0.3 is 5.97 Å². The SMILES string of the molecule is COCCOCCOCC(=O)O[C@H](CN1C[C@H]2CCCC[C@H]2C[C@H]1C(=O)NC(C)(C)C)[C@H](Cc1ccccc1)NC(=O)[C@H](CC(N)=O)NC(=O)c1ccc2ccccc2n1. The van der Waals surface area contributed by atoms with Crippen molar-refractivity contribution in [2.45, 2.75) is 95.5 Å². The molecule has 2 aliphatic rings. The summed E-state index contributed by atoms with van der Waals surface area (Å²) in [6.07, 6.45) is 3.68. The van der Waals surface area contributed by atoms with Crippen LogP contribution >= 0.6 is 0 Å². The van der Waals surface area contributed by atoms with Gasteiger partial charge in [0, 0.05) is 31.1 Å². The number of likely N-dealkylation sites (tertiary alicyclic amines) is 1. The van der Waals surface area contributed by atoms with Crippen LogP contribution in [-0.4, -0.2) is 122 Å². The number of nitrogens with zero attached hydrogens (tertiary/aromatic N) is 2. The minimum atomic E-state index is -1.39.